The summed E-state index contributed by atoms with van der Waals surface area (Å²) in [7, 11) is 0. The Kier molecular flexibility index (Phi) is 8.73. The van der Waals surface area contributed by atoms with Gasteiger partial charge >= 0.3 is 5.95 Å². The Morgan fingerprint density at radius 1 is 0.933 bits per heavy atom. The number of aliphatic hydroxyl groups is 3. The van der Waals surface area contributed by atoms with Crippen molar-refractivity contribution in [3.05, 3.63) is 23.9 Å². The maximum Gasteiger partial charge on any atom is 0.318 e. The van der Waals surface area contributed by atoms with Gasteiger partial charge in [0.15, 0.2) is 5.76 Å². The van der Waals surface area contributed by atoms with Crippen LogP contribution in [0.5, 0.6) is 0 Å². The summed E-state index contributed by atoms with van der Waals surface area (Å²) < 4.78 is 0. The molecule has 0 aromatic rings. The highest BCUT2D eigenvalue weighted by molar-refractivity contribution is 5.09. The van der Waals surface area contributed by atoms with Gasteiger partial charge in [0.25, 0.3) is 0 Å². The molecule has 0 aliphatic carbocycles. The first-order valence-corrected chi connectivity index (χ1v) is 5.66. The summed E-state index contributed by atoms with van der Waals surface area (Å²) in [6, 6.07) is 0. The minimum absolute atomic E-state index is 0.471. The van der Waals surface area contributed by atoms with E-state index in [2.05, 4.69) is 6.92 Å². The van der Waals surface area contributed by atoms with E-state index in [0.717, 1.165) is 12.8 Å². The van der Waals surface area contributed by atoms with Crippen LogP contribution in [0.4, 0.5) is 0 Å². The van der Waals surface area contributed by atoms with E-state index in [9.17, 15) is 0 Å². The monoisotopic (exact) mass is 214 g/mol. The fourth-order valence-corrected chi connectivity index (χ4v) is 1.31. The fraction of sp³-hybridized carbons (Fsp3) is 0.667. The van der Waals surface area contributed by atoms with Crippen molar-refractivity contribution in [2.75, 3.05) is 0 Å². The number of unbranched alkanes of at least 4 members (excludes halogenated alkanes) is 6. The molecule has 0 spiro atoms. The summed E-state index contributed by atoms with van der Waals surface area (Å²) in [6.45, 7) is 2.19. The molecule has 3 heteroatoms. The molecule has 3 N–H and O–H groups in total. The van der Waals surface area contributed by atoms with Crippen molar-refractivity contribution < 1.29 is 15.3 Å². The van der Waals surface area contributed by atoms with E-state index >= 15 is 0 Å². The molecular weight excluding hydrogens is 192 g/mol. The number of allylic oxidation sites excluding steroid dienone is 2. The second-order valence-electron chi connectivity index (χ2n) is 3.67. The van der Waals surface area contributed by atoms with Crippen LogP contribution in [-0.2, 0) is 0 Å². The van der Waals surface area contributed by atoms with E-state index < -0.39 is 11.7 Å². The minimum atomic E-state index is -1.02. The van der Waals surface area contributed by atoms with Gasteiger partial charge in [-0.25, -0.2) is 0 Å². The van der Waals surface area contributed by atoms with Gasteiger partial charge in [0, 0.05) is 0 Å². The minimum Gasteiger partial charge on any atom is -0.502 e. The van der Waals surface area contributed by atoms with Crippen LogP contribution in [0, 0.1) is 0 Å². The van der Waals surface area contributed by atoms with Crippen molar-refractivity contribution in [3.8, 4) is 0 Å². The van der Waals surface area contributed by atoms with Crippen LogP contribution >= 0.6 is 0 Å². The summed E-state index contributed by atoms with van der Waals surface area (Å²) in [5.41, 5.74) is 0. The molecule has 0 saturated carbocycles. The lowest BCUT2D eigenvalue weighted by Gasteiger charge is -1.97. The molecule has 0 radical (unpaired) electrons. The Bertz CT molecular complexity index is 203. The van der Waals surface area contributed by atoms with Gasteiger partial charge in [0.05, 0.1) is 0 Å². The Morgan fingerprint density at radius 2 is 1.53 bits per heavy atom. The smallest absolute Gasteiger partial charge is 0.318 e. The fourth-order valence-electron chi connectivity index (χ4n) is 1.31. The molecule has 0 bridgehead atoms. The highest BCUT2D eigenvalue weighted by Gasteiger charge is 1.94. The molecule has 0 rings (SSSR count). The highest BCUT2D eigenvalue weighted by atomic mass is 16.5. The predicted octanol–water partition coefficient (Wildman–Crippen LogP) is 4.14. The second kappa shape index (κ2) is 9.44. The largest absolute Gasteiger partial charge is 0.502 e. The summed E-state index contributed by atoms with van der Waals surface area (Å²) in [5, 5.41) is 25.8. The molecule has 3 nitrogen and oxygen atoms in total. The van der Waals surface area contributed by atoms with Crippen LogP contribution in [0.2, 0.25) is 0 Å². The lowest BCUT2D eigenvalue weighted by atomic mass is 10.1. The van der Waals surface area contributed by atoms with Crippen molar-refractivity contribution in [2.45, 2.75) is 51.9 Å². The molecular formula is C12H22O3. The van der Waals surface area contributed by atoms with Gasteiger partial charge in [0.1, 0.15) is 0 Å². The van der Waals surface area contributed by atoms with Crippen molar-refractivity contribution in [1.29, 1.82) is 0 Å². The first-order chi connectivity index (χ1) is 7.18. The zero-order valence-corrected chi connectivity index (χ0v) is 9.45. The van der Waals surface area contributed by atoms with Gasteiger partial charge in [0.2, 0.25) is 0 Å². The Balaban J connectivity index is 3.35. The zero-order valence-electron chi connectivity index (χ0n) is 9.45. The van der Waals surface area contributed by atoms with Crippen LogP contribution in [0.25, 0.3) is 0 Å². The van der Waals surface area contributed by atoms with Gasteiger partial charge < -0.3 is 15.3 Å². The average Bonchev–Trinajstić information content (AvgIpc) is 2.21. The summed E-state index contributed by atoms with van der Waals surface area (Å²) in [5.74, 6) is -1.49. The van der Waals surface area contributed by atoms with Crippen LogP contribution in [0.1, 0.15) is 51.9 Å². The number of aliphatic hydroxyl groups excluding tert-OH is 2. The molecule has 0 amide bonds. The second-order valence-corrected chi connectivity index (χ2v) is 3.67. The van der Waals surface area contributed by atoms with Crippen molar-refractivity contribution in [2.24, 2.45) is 0 Å². The number of hydrogen-bond acceptors (Lipinski definition) is 3. The van der Waals surface area contributed by atoms with Crippen LogP contribution in [-0.4, -0.2) is 15.3 Å². The normalized spacial score (nSPS) is 10.7. The van der Waals surface area contributed by atoms with Crippen LogP contribution in [0.15, 0.2) is 23.9 Å². The van der Waals surface area contributed by atoms with E-state index in [-0.39, 0.29) is 0 Å². The Hall–Kier alpha value is -1.12. The van der Waals surface area contributed by atoms with Gasteiger partial charge in [-0.3, -0.25) is 0 Å². The lowest BCUT2D eigenvalue weighted by Crippen LogP contribution is -1.84. The summed E-state index contributed by atoms with van der Waals surface area (Å²) >= 11 is 0. The molecule has 0 aliphatic rings. The molecule has 88 valence electrons. The lowest BCUT2D eigenvalue weighted by molar-refractivity contribution is 0.163. The highest BCUT2D eigenvalue weighted by Crippen LogP contribution is 2.07. The summed E-state index contributed by atoms with van der Waals surface area (Å²) in [6.07, 6.45) is 11.3. The zero-order chi connectivity index (χ0) is 11.5. The Labute approximate surface area is 91.8 Å². The van der Waals surface area contributed by atoms with E-state index in [1.165, 1.54) is 38.2 Å². The van der Waals surface area contributed by atoms with Crippen molar-refractivity contribution in [3.63, 3.8) is 0 Å². The molecule has 0 heterocycles. The molecule has 0 atom stereocenters. The average molecular weight is 214 g/mol. The molecule has 0 aliphatic heterocycles. The molecule has 0 fully saturated rings. The molecule has 0 unspecified atom stereocenters. The number of rotatable bonds is 8. The number of hydrogen-bond donors (Lipinski definition) is 3. The van der Waals surface area contributed by atoms with E-state index in [4.69, 9.17) is 15.3 Å². The molecule has 0 saturated heterocycles. The molecule has 0 aromatic carbocycles. The SMILES string of the molecule is CCCCCCCCC=CC(O)=C(O)O. The van der Waals surface area contributed by atoms with Crippen molar-refractivity contribution in [1.82, 2.24) is 0 Å². The third-order valence-electron chi connectivity index (χ3n) is 2.23. The quantitative estimate of drug-likeness (QED) is 0.323. The van der Waals surface area contributed by atoms with Gasteiger partial charge in [-0.1, -0.05) is 45.1 Å². The van der Waals surface area contributed by atoms with Gasteiger partial charge in [-0.15, -0.1) is 0 Å². The third-order valence-corrected chi connectivity index (χ3v) is 2.23. The first-order valence-electron chi connectivity index (χ1n) is 5.66. The molecule has 15 heavy (non-hydrogen) atoms. The van der Waals surface area contributed by atoms with E-state index in [1.54, 1.807) is 6.08 Å². The van der Waals surface area contributed by atoms with Crippen LogP contribution in [0.3, 0.4) is 0 Å². The van der Waals surface area contributed by atoms with E-state index in [1.807, 2.05) is 0 Å². The van der Waals surface area contributed by atoms with Gasteiger partial charge in [-0.2, -0.15) is 0 Å². The summed E-state index contributed by atoms with van der Waals surface area (Å²) in [4.78, 5) is 0. The maximum absolute atomic E-state index is 8.89. The van der Waals surface area contributed by atoms with E-state index in [0.29, 0.717) is 0 Å². The van der Waals surface area contributed by atoms with Gasteiger partial charge in [-0.05, 0) is 18.9 Å². The standard InChI is InChI=1S/C12H22O3/c1-2-3-4-5-6-7-8-9-10-11(13)12(14)15/h9-10,13-15H,2-8H2,1H3. The predicted molar refractivity (Wildman–Crippen MR) is 62.0 cm³/mol. The first kappa shape index (κ1) is 13.9. The maximum atomic E-state index is 8.89. The topological polar surface area (TPSA) is 60.7 Å². The molecule has 0 aromatic heterocycles. The van der Waals surface area contributed by atoms with Crippen LogP contribution < -0.4 is 0 Å². The van der Waals surface area contributed by atoms with Crippen molar-refractivity contribution >= 4 is 0 Å². The Morgan fingerprint density at radius 3 is 2.13 bits per heavy atom. The third kappa shape index (κ3) is 9.19.